The Hall–Kier alpha value is -3.45. The molecule has 0 aliphatic carbocycles. The number of rotatable bonds is 6. The van der Waals surface area contributed by atoms with Crippen molar-refractivity contribution in [3.05, 3.63) is 71.6 Å². The Morgan fingerprint density at radius 3 is 2.16 bits per heavy atom. The Bertz CT molecular complexity index is 959. The number of amides is 2. The molecule has 1 aromatic heterocycles. The van der Waals surface area contributed by atoms with Crippen LogP contribution in [0.15, 0.2) is 54.6 Å². The first-order valence-corrected chi connectivity index (χ1v) is 10.4. The zero-order chi connectivity index (χ0) is 22.2. The van der Waals surface area contributed by atoms with Crippen molar-refractivity contribution in [1.82, 2.24) is 15.4 Å². The van der Waals surface area contributed by atoms with E-state index in [9.17, 15) is 9.59 Å². The summed E-state index contributed by atoms with van der Waals surface area (Å²) < 4.78 is 0. The van der Waals surface area contributed by atoms with Gasteiger partial charge in [-0.3, -0.25) is 14.8 Å². The highest BCUT2D eigenvalue weighted by Crippen LogP contribution is 2.21. The van der Waals surface area contributed by atoms with Crippen LogP contribution in [0.5, 0.6) is 0 Å². The SMILES string of the molecule is CC(C)c1ccc(N2CCN(C(=O)C=Cc3cccc(C=CC(=O)NO)n3)CC2)cc1. The Kier molecular flexibility index (Phi) is 7.56. The molecule has 0 saturated carbocycles. The average molecular weight is 421 g/mol. The van der Waals surface area contributed by atoms with Crippen LogP contribution in [0.4, 0.5) is 5.69 Å². The maximum Gasteiger partial charge on any atom is 0.267 e. The number of hydrogen-bond donors (Lipinski definition) is 2. The van der Waals surface area contributed by atoms with Gasteiger partial charge in [-0.05, 0) is 47.9 Å². The number of hydrogen-bond acceptors (Lipinski definition) is 5. The lowest BCUT2D eigenvalue weighted by Crippen LogP contribution is -2.48. The lowest BCUT2D eigenvalue weighted by atomic mass is 10.0. The first kappa shape index (κ1) is 22.2. The van der Waals surface area contributed by atoms with Crippen LogP contribution >= 0.6 is 0 Å². The summed E-state index contributed by atoms with van der Waals surface area (Å²) in [5.41, 5.74) is 5.21. The second kappa shape index (κ2) is 10.5. The van der Waals surface area contributed by atoms with Crippen molar-refractivity contribution >= 4 is 29.7 Å². The van der Waals surface area contributed by atoms with Crippen molar-refractivity contribution in [2.75, 3.05) is 31.1 Å². The summed E-state index contributed by atoms with van der Waals surface area (Å²) in [5, 5.41) is 8.52. The van der Waals surface area contributed by atoms with Crippen LogP contribution in [-0.4, -0.2) is 53.1 Å². The smallest absolute Gasteiger partial charge is 0.267 e. The predicted molar refractivity (Wildman–Crippen MR) is 122 cm³/mol. The third-order valence-corrected chi connectivity index (χ3v) is 5.22. The number of piperazine rings is 1. The minimum absolute atomic E-state index is 0.0443. The second-order valence-electron chi connectivity index (χ2n) is 7.69. The van der Waals surface area contributed by atoms with Gasteiger partial charge in [0.25, 0.3) is 5.91 Å². The van der Waals surface area contributed by atoms with E-state index in [0.29, 0.717) is 30.4 Å². The molecular weight excluding hydrogens is 392 g/mol. The molecule has 3 rings (SSSR count). The van der Waals surface area contributed by atoms with E-state index in [1.165, 1.54) is 35.0 Å². The lowest BCUT2D eigenvalue weighted by molar-refractivity contribution is -0.126. The van der Waals surface area contributed by atoms with E-state index in [4.69, 9.17) is 5.21 Å². The third kappa shape index (κ3) is 6.26. The van der Waals surface area contributed by atoms with Gasteiger partial charge in [-0.2, -0.15) is 0 Å². The fourth-order valence-electron chi connectivity index (χ4n) is 3.37. The van der Waals surface area contributed by atoms with Crippen LogP contribution in [0.3, 0.4) is 0 Å². The van der Waals surface area contributed by atoms with E-state index >= 15 is 0 Å². The quantitative estimate of drug-likeness (QED) is 0.426. The van der Waals surface area contributed by atoms with Gasteiger partial charge < -0.3 is 9.80 Å². The monoisotopic (exact) mass is 420 g/mol. The molecule has 2 heterocycles. The molecule has 162 valence electrons. The molecule has 0 spiro atoms. The summed E-state index contributed by atoms with van der Waals surface area (Å²) in [7, 11) is 0. The number of pyridine rings is 1. The molecule has 0 atom stereocenters. The van der Waals surface area contributed by atoms with Crippen molar-refractivity contribution in [3.63, 3.8) is 0 Å². The van der Waals surface area contributed by atoms with E-state index in [1.807, 2.05) is 4.90 Å². The molecule has 0 radical (unpaired) electrons. The van der Waals surface area contributed by atoms with Crippen molar-refractivity contribution in [3.8, 4) is 0 Å². The molecular formula is C24H28N4O3. The van der Waals surface area contributed by atoms with Gasteiger partial charge in [-0.25, -0.2) is 10.5 Å². The number of nitrogens with zero attached hydrogens (tertiary/aromatic N) is 3. The highest BCUT2D eigenvalue weighted by molar-refractivity contribution is 5.92. The summed E-state index contributed by atoms with van der Waals surface area (Å²) in [6.45, 7) is 7.30. The van der Waals surface area contributed by atoms with Gasteiger partial charge in [0.1, 0.15) is 0 Å². The number of carbonyl (C=O) groups excluding carboxylic acids is 2. The number of aromatic nitrogens is 1. The number of hydroxylamine groups is 1. The lowest BCUT2D eigenvalue weighted by Gasteiger charge is -2.35. The summed E-state index contributed by atoms with van der Waals surface area (Å²) in [6.07, 6.45) is 5.86. The molecule has 0 unspecified atom stereocenters. The molecule has 2 N–H and O–H groups in total. The van der Waals surface area contributed by atoms with Crippen LogP contribution in [0.1, 0.15) is 36.7 Å². The van der Waals surface area contributed by atoms with Crippen LogP contribution in [0.25, 0.3) is 12.2 Å². The molecule has 0 bridgehead atoms. The highest BCUT2D eigenvalue weighted by atomic mass is 16.5. The molecule has 1 aromatic carbocycles. The minimum Gasteiger partial charge on any atom is -0.368 e. The fourth-order valence-corrected chi connectivity index (χ4v) is 3.37. The first-order valence-electron chi connectivity index (χ1n) is 10.4. The topological polar surface area (TPSA) is 85.8 Å². The standard InChI is InChI=1S/C24H28N4O3/c1-18(2)19-6-10-22(11-7-19)27-14-16-28(17-15-27)24(30)13-9-21-5-3-4-20(25-21)8-12-23(29)26-31/h3-13,18,31H,14-17H2,1-2H3,(H,26,29). The Balaban J connectivity index is 1.54. The first-order chi connectivity index (χ1) is 15.0. The molecule has 7 nitrogen and oxygen atoms in total. The summed E-state index contributed by atoms with van der Waals surface area (Å²) >= 11 is 0. The molecule has 2 aromatic rings. The number of carbonyl (C=O) groups is 2. The largest absolute Gasteiger partial charge is 0.368 e. The molecule has 1 fully saturated rings. The van der Waals surface area contributed by atoms with Crippen LogP contribution in [-0.2, 0) is 9.59 Å². The molecule has 2 amide bonds. The van der Waals surface area contributed by atoms with Gasteiger partial charge in [0.2, 0.25) is 5.91 Å². The van der Waals surface area contributed by atoms with Gasteiger partial charge in [0, 0.05) is 44.0 Å². The van der Waals surface area contributed by atoms with Gasteiger partial charge in [-0.1, -0.05) is 32.0 Å². The number of benzene rings is 1. The Morgan fingerprint density at radius 2 is 1.58 bits per heavy atom. The minimum atomic E-state index is -0.632. The van der Waals surface area contributed by atoms with Gasteiger partial charge in [0.05, 0.1) is 11.4 Å². The van der Waals surface area contributed by atoms with E-state index in [0.717, 1.165) is 13.1 Å². The molecule has 1 aliphatic rings. The van der Waals surface area contributed by atoms with E-state index in [1.54, 1.807) is 24.3 Å². The van der Waals surface area contributed by atoms with E-state index < -0.39 is 5.91 Å². The summed E-state index contributed by atoms with van der Waals surface area (Å²) in [4.78, 5) is 32.1. The zero-order valence-corrected chi connectivity index (χ0v) is 17.9. The molecule has 7 heteroatoms. The van der Waals surface area contributed by atoms with Gasteiger partial charge >= 0.3 is 0 Å². The maximum absolute atomic E-state index is 12.6. The molecule has 1 saturated heterocycles. The van der Waals surface area contributed by atoms with E-state index in [-0.39, 0.29) is 5.91 Å². The Morgan fingerprint density at radius 1 is 0.968 bits per heavy atom. The van der Waals surface area contributed by atoms with Gasteiger partial charge in [-0.15, -0.1) is 0 Å². The normalized spacial score (nSPS) is 14.6. The third-order valence-electron chi connectivity index (χ3n) is 5.22. The van der Waals surface area contributed by atoms with E-state index in [2.05, 4.69) is 48.0 Å². The summed E-state index contributed by atoms with van der Waals surface area (Å²) in [5.74, 6) is -0.160. The van der Waals surface area contributed by atoms with Gasteiger partial charge in [0.15, 0.2) is 0 Å². The maximum atomic E-state index is 12.6. The fraction of sp³-hybridized carbons (Fsp3) is 0.292. The van der Waals surface area contributed by atoms with Crippen molar-refractivity contribution in [1.29, 1.82) is 0 Å². The predicted octanol–water partition coefficient (Wildman–Crippen LogP) is 3.09. The van der Waals surface area contributed by atoms with Crippen LogP contribution < -0.4 is 10.4 Å². The summed E-state index contributed by atoms with van der Waals surface area (Å²) in [6, 6.07) is 14.0. The number of anilines is 1. The molecule has 31 heavy (non-hydrogen) atoms. The van der Waals surface area contributed by atoms with Crippen molar-refractivity contribution < 1.29 is 14.8 Å². The Labute approximate surface area is 182 Å². The van der Waals surface area contributed by atoms with Crippen molar-refractivity contribution in [2.45, 2.75) is 19.8 Å². The highest BCUT2D eigenvalue weighted by Gasteiger charge is 2.19. The average Bonchev–Trinajstić information content (AvgIpc) is 2.81. The molecule has 1 aliphatic heterocycles. The van der Waals surface area contributed by atoms with Crippen LogP contribution in [0.2, 0.25) is 0 Å². The number of nitrogens with one attached hydrogen (secondary N) is 1. The zero-order valence-electron chi connectivity index (χ0n) is 17.9. The van der Waals surface area contributed by atoms with Crippen molar-refractivity contribution in [2.24, 2.45) is 0 Å². The van der Waals surface area contributed by atoms with Crippen LogP contribution in [0, 0.1) is 0 Å². The second-order valence-corrected chi connectivity index (χ2v) is 7.69.